The molecule has 5 nitrogen and oxygen atoms in total. The number of hydrogen-bond acceptors (Lipinski definition) is 3. The van der Waals surface area contributed by atoms with Crippen LogP contribution in [0.5, 0.6) is 5.88 Å². The fraction of sp³-hybridized carbons (Fsp3) is 0.167. The van der Waals surface area contributed by atoms with Crippen molar-refractivity contribution >= 4 is 21.8 Å². The first-order valence-corrected chi connectivity index (χ1v) is 5.24. The number of methoxy groups -OCH3 is 1. The van der Waals surface area contributed by atoms with Gasteiger partial charge in [0.25, 0.3) is 5.56 Å². The zero-order valence-corrected chi connectivity index (χ0v) is 9.52. The van der Waals surface area contributed by atoms with E-state index in [1.54, 1.807) is 7.11 Å². The lowest BCUT2D eigenvalue weighted by molar-refractivity contribution is 0.397. The van der Waals surface area contributed by atoms with Gasteiger partial charge in [-0.15, -0.1) is 5.10 Å². The monoisotopic (exact) mass is 229 g/mol. The summed E-state index contributed by atoms with van der Waals surface area (Å²) in [6.07, 6.45) is 0. The molecule has 0 saturated heterocycles. The zero-order valence-electron chi connectivity index (χ0n) is 9.52. The van der Waals surface area contributed by atoms with Gasteiger partial charge in [-0.25, -0.2) is 5.10 Å². The third-order valence-electron chi connectivity index (χ3n) is 2.99. The summed E-state index contributed by atoms with van der Waals surface area (Å²) in [5.41, 5.74) is 1.36. The fourth-order valence-corrected chi connectivity index (χ4v) is 2.23. The normalized spacial score (nSPS) is 11.2. The number of para-hydroxylation sites is 1. The largest absolute Gasteiger partial charge is 0.479 e. The highest BCUT2D eigenvalue weighted by atomic mass is 16.5. The van der Waals surface area contributed by atoms with Gasteiger partial charge in [0.1, 0.15) is 5.52 Å². The molecule has 0 amide bonds. The van der Waals surface area contributed by atoms with Crippen LogP contribution in [-0.2, 0) is 7.05 Å². The number of fused-ring (bicyclic) bond motifs is 3. The molecule has 0 atom stereocenters. The standard InChI is InChI=1S/C12H11N3O2/c1-15-8-6-4-3-5-7(8)9-10(15)11(16)13-14-12(9)17-2/h3-6H,1-2H3,(H,13,16). The maximum atomic E-state index is 11.8. The molecule has 3 aromatic rings. The molecule has 5 heteroatoms. The Morgan fingerprint density at radius 3 is 2.88 bits per heavy atom. The quantitative estimate of drug-likeness (QED) is 0.686. The Labute approximate surface area is 96.6 Å². The van der Waals surface area contributed by atoms with Gasteiger partial charge in [-0.3, -0.25) is 4.79 Å². The van der Waals surface area contributed by atoms with E-state index < -0.39 is 0 Å². The summed E-state index contributed by atoms with van der Waals surface area (Å²) < 4.78 is 7.06. The Bertz CT molecular complexity index is 770. The van der Waals surface area contributed by atoms with Crippen molar-refractivity contribution in [3.05, 3.63) is 34.6 Å². The highest BCUT2D eigenvalue weighted by molar-refractivity contribution is 6.10. The number of aryl methyl sites for hydroxylation is 1. The molecule has 0 spiro atoms. The number of nitrogens with zero attached hydrogens (tertiary/aromatic N) is 2. The van der Waals surface area contributed by atoms with Gasteiger partial charge in [0.15, 0.2) is 0 Å². The lowest BCUT2D eigenvalue weighted by Crippen LogP contribution is -2.11. The van der Waals surface area contributed by atoms with Gasteiger partial charge in [-0.05, 0) is 6.07 Å². The number of aromatic nitrogens is 3. The minimum atomic E-state index is -0.209. The smallest absolute Gasteiger partial charge is 0.288 e. The van der Waals surface area contributed by atoms with Crippen LogP contribution in [-0.4, -0.2) is 21.9 Å². The molecule has 0 fully saturated rings. The van der Waals surface area contributed by atoms with Gasteiger partial charge in [0.2, 0.25) is 5.88 Å². The number of benzene rings is 1. The van der Waals surface area contributed by atoms with Crippen molar-refractivity contribution in [3.63, 3.8) is 0 Å². The van der Waals surface area contributed by atoms with E-state index in [4.69, 9.17) is 4.74 Å². The molecule has 0 unspecified atom stereocenters. The number of nitrogens with one attached hydrogen (secondary N) is 1. The number of ether oxygens (including phenoxy) is 1. The van der Waals surface area contributed by atoms with E-state index in [1.165, 1.54) is 0 Å². The molecule has 1 N–H and O–H groups in total. The topological polar surface area (TPSA) is 59.9 Å². The molecule has 0 aliphatic heterocycles. The number of aromatic amines is 1. The minimum absolute atomic E-state index is 0.209. The fourth-order valence-electron chi connectivity index (χ4n) is 2.23. The van der Waals surface area contributed by atoms with Crippen LogP contribution >= 0.6 is 0 Å². The summed E-state index contributed by atoms with van der Waals surface area (Å²) >= 11 is 0. The second-order valence-corrected chi connectivity index (χ2v) is 3.86. The second-order valence-electron chi connectivity index (χ2n) is 3.86. The average molecular weight is 229 g/mol. The number of hydrogen-bond donors (Lipinski definition) is 1. The minimum Gasteiger partial charge on any atom is -0.479 e. The van der Waals surface area contributed by atoms with Crippen LogP contribution in [0, 0.1) is 0 Å². The van der Waals surface area contributed by atoms with Crippen molar-refractivity contribution in [1.82, 2.24) is 14.8 Å². The summed E-state index contributed by atoms with van der Waals surface area (Å²) in [6, 6.07) is 7.80. The first kappa shape index (κ1) is 9.89. The van der Waals surface area contributed by atoms with Gasteiger partial charge < -0.3 is 9.30 Å². The molecule has 0 aliphatic rings. The maximum absolute atomic E-state index is 11.8. The van der Waals surface area contributed by atoms with Gasteiger partial charge in [-0.1, -0.05) is 18.2 Å². The molecule has 2 aromatic heterocycles. The SMILES string of the molecule is COc1n[nH]c(=O)c2c1c1ccccc1n2C. The Morgan fingerprint density at radius 1 is 1.35 bits per heavy atom. The lowest BCUT2D eigenvalue weighted by atomic mass is 10.2. The van der Waals surface area contributed by atoms with Crippen LogP contribution < -0.4 is 10.3 Å². The average Bonchev–Trinajstić information content (AvgIpc) is 2.66. The van der Waals surface area contributed by atoms with Crippen molar-refractivity contribution in [2.45, 2.75) is 0 Å². The Balaban J connectivity index is 2.71. The summed E-state index contributed by atoms with van der Waals surface area (Å²) in [5.74, 6) is 0.441. The van der Waals surface area contributed by atoms with Gasteiger partial charge in [0, 0.05) is 18.0 Å². The van der Waals surface area contributed by atoms with Crippen LogP contribution in [0.4, 0.5) is 0 Å². The van der Waals surface area contributed by atoms with E-state index >= 15 is 0 Å². The molecule has 3 rings (SSSR count). The van der Waals surface area contributed by atoms with E-state index in [0.29, 0.717) is 11.4 Å². The number of rotatable bonds is 1. The summed E-state index contributed by atoms with van der Waals surface area (Å²) in [7, 11) is 3.40. The Kier molecular flexibility index (Phi) is 1.95. The Hall–Kier alpha value is -2.30. The van der Waals surface area contributed by atoms with Crippen LogP contribution in [0.3, 0.4) is 0 Å². The van der Waals surface area contributed by atoms with Crippen molar-refractivity contribution < 1.29 is 4.74 Å². The predicted molar refractivity (Wildman–Crippen MR) is 65.4 cm³/mol. The van der Waals surface area contributed by atoms with Gasteiger partial charge in [0.05, 0.1) is 12.5 Å². The number of H-pyrrole nitrogens is 1. The molecular weight excluding hydrogens is 218 g/mol. The third-order valence-corrected chi connectivity index (χ3v) is 2.99. The first-order chi connectivity index (χ1) is 8.24. The van der Waals surface area contributed by atoms with E-state index in [1.807, 2.05) is 35.9 Å². The zero-order chi connectivity index (χ0) is 12.0. The molecule has 2 heterocycles. The van der Waals surface area contributed by atoms with Crippen LogP contribution in [0.15, 0.2) is 29.1 Å². The lowest BCUT2D eigenvalue weighted by Gasteiger charge is -1.99. The Morgan fingerprint density at radius 2 is 2.12 bits per heavy atom. The highest BCUT2D eigenvalue weighted by Gasteiger charge is 2.15. The van der Waals surface area contributed by atoms with Gasteiger partial charge >= 0.3 is 0 Å². The summed E-state index contributed by atoms with van der Waals surface area (Å²) in [5, 5.41) is 8.09. The van der Waals surface area contributed by atoms with Crippen molar-refractivity contribution in [2.24, 2.45) is 7.05 Å². The van der Waals surface area contributed by atoms with E-state index in [0.717, 1.165) is 16.3 Å². The van der Waals surface area contributed by atoms with E-state index in [-0.39, 0.29) is 5.56 Å². The molecular formula is C12H11N3O2. The molecule has 0 saturated carbocycles. The molecule has 1 aromatic carbocycles. The van der Waals surface area contributed by atoms with Crippen LogP contribution in [0.2, 0.25) is 0 Å². The molecule has 0 radical (unpaired) electrons. The third kappa shape index (κ3) is 1.19. The summed E-state index contributed by atoms with van der Waals surface area (Å²) in [6.45, 7) is 0. The first-order valence-electron chi connectivity index (χ1n) is 5.24. The van der Waals surface area contributed by atoms with Crippen molar-refractivity contribution in [1.29, 1.82) is 0 Å². The molecule has 0 aliphatic carbocycles. The molecule has 17 heavy (non-hydrogen) atoms. The highest BCUT2D eigenvalue weighted by Crippen LogP contribution is 2.30. The molecule has 0 bridgehead atoms. The van der Waals surface area contributed by atoms with Crippen molar-refractivity contribution in [2.75, 3.05) is 7.11 Å². The molecule has 86 valence electrons. The van der Waals surface area contributed by atoms with E-state index in [9.17, 15) is 4.79 Å². The van der Waals surface area contributed by atoms with E-state index in [2.05, 4.69) is 10.2 Å². The second kappa shape index (κ2) is 3.35. The summed E-state index contributed by atoms with van der Waals surface area (Å²) in [4.78, 5) is 11.8. The van der Waals surface area contributed by atoms with Crippen LogP contribution in [0.1, 0.15) is 0 Å². The maximum Gasteiger partial charge on any atom is 0.288 e. The predicted octanol–water partition coefficient (Wildman–Crippen LogP) is 1.42. The van der Waals surface area contributed by atoms with Gasteiger partial charge in [-0.2, -0.15) is 0 Å². The van der Waals surface area contributed by atoms with Crippen molar-refractivity contribution in [3.8, 4) is 5.88 Å². The van der Waals surface area contributed by atoms with Crippen LogP contribution in [0.25, 0.3) is 21.8 Å².